The average Bonchev–Trinajstić information content (AvgIpc) is 2.73. The predicted octanol–water partition coefficient (Wildman–Crippen LogP) is 5.14. The van der Waals surface area contributed by atoms with E-state index in [1.807, 2.05) is 18.2 Å². The maximum absolute atomic E-state index is 13.0. The van der Waals surface area contributed by atoms with Crippen LogP contribution >= 0.6 is 11.6 Å². The molecule has 2 aromatic carbocycles. The number of aryl methyl sites for hydroxylation is 1. The second kappa shape index (κ2) is 9.40. The number of aliphatic hydroxyl groups is 1. The smallest absolute Gasteiger partial charge is 0.396 e. The zero-order chi connectivity index (χ0) is 21.8. The van der Waals surface area contributed by atoms with Crippen molar-refractivity contribution in [2.75, 3.05) is 19.7 Å². The highest BCUT2D eigenvalue weighted by Gasteiger charge is 2.36. The van der Waals surface area contributed by atoms with Crippen LogP contribution in [-0.4, -0.2) is 35.6 Å². The molecule has 1 saturated heterocycles. The van der Waals surface area contributed by atoms with E-state index >= 15 is 0 Å². The standard InChI is InChI=1S/C23H25ClF3NO2/c24-20-7-2-1-5-18(20)8-9-21(30)28-12-10-22(16-29,11-13-28)15-17-4-3-6-19(14-17)23(25,26)27/h1-7,14,29H,8-13,15-16H2. The molecule has 0 saturated carbocycles. The minimum Gasteiger partial charge on any atom is -0.396 e. The topological polar surface area (TPSA) is 40.5 Å². The van der Waals surface area contributed by atoms with E-state index in [9.17, 15) is 23.1 Å². The lowest BCUT2D eigenvalue weighted by molar-refractivity contribution is -0.138. The number of piperidine rings is 1. The number of nitrogens with zero attached hydrogens (tertiary/aromatic N) is 1. The highest BCUT2D eigenvalue weighted by molar-refractivity contribution is 6.31. The predicted molar refractivity (Wildman–Crippen MR) is 110 cm³/mol. The molecular weight excluding hydrogens is 415 g/mol. The second-order valence-corrected chi connectivity index (χ2v) is 8.41. The van der Waals surface area contributed by atoms with Gasteiger partial charge in [-0.15, -0.1) is 0 Å². The van der Waals surface area contributed by atoms with E-state index in [1.54, 1.807) is 17.0 Å². The monoisotopic (exact) mass is 439 g/mol. The first kappa shape index (κ1) is 22.6. The Morgan fingerprint density at radius 3 is 2.43 bits per heavy atom. The van der Waals surface area contributed by atoms with Gasteiger partial charge < -0.3 is 10.0 Å². The Morgan fingerprint density at radius 2 is 1.80 bits per heavy atom. The van der Waals surface area contributed by atoms with Crippen molar-refractivity contribution in [2.45, 2.75) is 38.3 Å². The Kier molecular flexibility index (Phi) is 7.09. The van der Waals surface area contributed by atoms with E-state index in [4.69, 9.17) is 11.6 Å². The van der Waals surface area contributed by atoms with Crippen LogP contribution in [-0.2, 0) is 23.8 Å². The first-order chi connectivity index (χ1) is 14.2. The third-order valence-corrected chi connectivity index (χ3v) is 6.28. The van der Waals surface area contributed by atoms with E-state index in [1.165, 1.54) is 6.07 Å². The summed E-state index contributed by atoms with van der Waals surface area (Å²) in [5.74, 6) is 0.0283. The SMILES string of the molecule is O=C(CCc1ccccc1Cl)N1CCC(CO)(Cc2cccc(C(F)(F)F)c2)CC1. The molecule has 1 aliphatic heterocycles. The zero-order valence-corrected chi connectivity index (χ0v) is 17.3. The molecule has 0 aromatic heterocycles. The van der Waals surface area contributed by atoms with Crippen LogP contribution in [0.3, 0.4) is 0 Å². The molecule has 3 rings (SSSR count). The van der Waals surface area contributed by atoms with Gasteiger partial charge in [-0.05, 0) is 48.9 Å². The van der Waals surface area contributed by atoms with Crippen molar-refractivity contribution < 1.29 is 23.1 Å². The van der Waals surface area contributed by atoms with E-state index in [2.05, 4.69) is 0 Å². The van der Waals surface area contributed by atoms with Crippen molar-refractivity contribution in [1.29, 1.82) is 0 Å². The zero-order valence-electron chi connectivity index (χ0n) is 16.6. The van der Waals surface area contributed by atoms with Gasteiger partial charge in [0.25, 0.3) is 0 Å². The Hall–Kier alpha value is -2.05. The molecule has 3 nitrogen and oxygen atoms in total. The molecule has 1 aliphatic rings. The summed E-state index contributed by atoms with van der Waals surface area (Å²) in [5.41, 5.74) is 0.292. The normalized spacial score (nSPS) is 16.5. The molecule has 0 atom stereocenters. The molecule has 1 amide bonds. The number of carbonyl (C=O) groups is 1. The number of aliphatic hydroxyl groups excluding tert-OH is 1. The van der Waals surface area contributed by atoms with Gasteiger partial charge in [0.2, 0.25) is 5.91 Å². The molecule has 1 N–H and O–H groups in total. The van der Waals surface area contributed by atoms with Crippen LogP contribution in [0.5, 0.6) is 0 Å². The summed E-state index contributed by atoms with van der Waals surface area (Å²) in [6, 6.07) is 12.7. The van der Waals surface area contributed by atoms with Crippen LogP contribution in [0.15, 0.2) is 48.5 Å². The largest absolute Gasteiger partial charge is 0.416 e. The Bertz CT molecular complexity index is 877. The first-order valence-electron chi connectivity index (χ1n) is 10.0. The summed E-state index contributed by atoms with van der Waals surface area (Å²) in [4.78, 5) is 14.4. The summed E-state index contributed by atoms with van der Waals surface area (Å²) in [7, 11) is 0. The van der Waals surface area contributed by atoms with Crippen LogP contribution in [0.4, 0.5) is 13.2 Å². The Balaban J connectivity index is 1.58. The fourth-order valence-corrected chi connectivity index (χ4v) is 4.24. The number of benzene rings is 2. The molecule has 30 heavy (non-hydrogen) atoms. The Labute approximate surface area is 179 Å². The summed E-state index contributed by atoms with van der Waals surface area (Å²) < 4.78 is 38.9. The van der Waals surface area contributed by atoms with Crippen LogP contribution < -0.4 is 0 Å². The lowest BCUT2D eigenvalue weighted by Crippen LogP contribution is -2.45. The molecule has 2 aromatic rings. The number of halogens is 4. The molecule has 0 aliphatic carbocycles. The average molecular weight is 440 g/mol. The third-order valence-electron chi connectivity index (χ3n) is 5.91. The van der Waals surface area contributed by atoms with E-state index < -0.39 is 17.2 Å². The van der Waals surface area contributed by atoms with E-state index in [-0.39, 0.29) is 12.5 Å². The van der Waals surface area contributed by atoms with Gasteiger partial charge in [-0.2, -0.15) is 13.2 Å². The number of hydrogen-bond acceptors (Lipinski definition) is 2. The van der Waals surface area contributed by atoms with Gasteiger partial charge in [0.05, 0.1) is 5.56 Å². The highest BCUT2D eigenvalue weighted by atomic mass is 35.5. The number of likely N-dealkylation sites (tertiary alicyclic amines) is 1. The maximum atomic E-state index is 13.0. The van der Waals surface area contributed by atoms with E-state index in [0.717, 1.165) is 17.7 Å². The molecule has 0 unspecified atom stereocenters. The number of hydrogen-bond donors (Lipinski definition) is 1. The van der Waals surface area contributed by atoms with Crippen LogP contribution in [0.25, 0.3) is 0 Å². The maximum Gasteiger partial charge on any atom is 0.416 e. The van der Waals surface area contributed by atoms with Gasteiger partial charge in [-0.3, -0.25) is 4.79 Å². The molecule has 7 heteroatoms. The quantitative estimate of drug-likeness (QED) is 0.677. The number of alkyl halides is 3. The van der Waals surface area contributed by atoms with Crippen molar-refractivity contribution in [1.82, 2.24) is 4.90 Å². The fraction of sp³-hybridized carbons (Fsp3) is 0.435. The first-order valence-corrected chi connectivity index (χ1v) is 10.4. The molecule has 1 fully saturated rings. The highest BCUT2D eigenvalue weighted by Crippen LogP contribution is 2.37. The van der Waals surface area contributed by atoms with Crippen molar-refractivity contribution in [3.8, 4) is 0 Å². The van der Waals surface area contributed by atoms with Gasteiger partial charge in [0.15, 0.2) is 0 Å². The summed E-state index contributed by atoms with van der Waals surface area (Å²) in [5, 5.41) is 10.6. The van der Waals surface area contributed by atoms with Gasteiger partial charge >= 0.3 is 6.18 Å². The van der Waals surface area contributed by atoms with Crippen LogP contribution in [0.1, 0.15) is 36.0 Å². The molecule has 0 bridgehead atoms. The number of rotatable bonds is 6. The fourth-order valence-electron chi connectivity index (χ4n) is 4.01. The minimum absolute atomic E-state index is 0.0283. The van der Waals surface area contributed by atoms with Gasteiger partial charge in [0.1, 0.15) is 0 Å². The minimum atomic E-state index is -4.39. The lowest BCUT2D eigenvalue weighted by Gasteiger charge is -2.41. The van der Waals surface area contributed by atoms with Crippen molar-refractivity contribution in [3.05, 3.63) is 70.2 Å². The molecule has 0 spiro atoms. The van der Waals surface area contributed by atoms with Gasteiger partial charge in [-0.1, -0.05) is 48.0 Å². The third kappa shape index (κ3) is 5.55. The summed E-state index contributed by atoms with van der Waals surface area (Å²) >= 11 is 6.14. The number of carbonyl (C=O) groups excluding carboxylic acids is 1. The summed E-state index contributed by atoms with van der Waals surface area (Å²) in [6.45, 7) is 0.854. The van der Waals surface area contributed by atoms with Gasteiger partial charge in [0, 0.05) is 36.6 Å². The van der Waals surface area contributed by atoms with Crippen LogP contribution in [0.2, 0.25) is 5.02 Å². The molecule has 0 radical (unpaired) electrons. The van der Waals surface area contributed by atoms with Crippen molar-refractivity contribution in [2.24, 2.45) is 5.41 Å². The van der Waals surface area contributed by atoms with Gasteiger partial charge in [-0.25, -0.2) is 0 Å². The Morgan fingerprint density at radius 1 is 1.10 bits per heavy atom. The molecule has 1 heterocycles. The lowest BCUT2D eigenvalue weighted by atomic mass is 9.74. The van der Waals surface area contributed by atoms with Crippen molar-refractivity contribution in [3.63, 3.8) is 0 Å². The summed E-state index contributed by atoms with van der Waals surface area (Å²) in [6.07, 6.45) is -2.02. The van der Waals surface area contributed by atoms with Crippen LogP contribution in [0, 0.1) is 5.41 Å². The number of amides is 1. The van der Waals surface area contributed by atoms with Crippen molar-refractivity contribution >= 4 is 17.5 Å². The molecule has 162 valence electrons. The molecular formula is C23H25ClF3NO2. The van der Waals surface area contributed by atoms with E-state index in [0.29, 0.717) is 55.8 Å². The second-order valence-electron chi connectivity index (χ2n) is 8.01.